The number of aromatic nitrogens is 2. The largest absolute Gasteiger partial charge is 0.416 e. The van der Waals surface area contributed by atoms with Gasteiger partial charge in [-0.3, -0.25) is 14.5 Å². The van der Waals surface area contributed by atoms with Crippen LogP contribution >= 0.6 is 0 Å². The van der Waals surface area contributed by atoms with Crippen LogP contribution in [0.5, 0.6) is 0 Å². The Bertz CT molecular complexity index is 1090. The van der Waals surface area contributed by atoms with Crippen LogP contribution in [-0.4, -0.2) is 34.7 Å². The molecule has 0 aliphatic rings. The number of hydrogen-bond donors (Lipinski definition) is 1. The van der Waals surface area contributed by atoms with Gasteiger partial charge in [-0.2, -0.15) is 18.3 Å². The summed E-state index contributed by atoms with van der Waals surface area (Å²) >= 11 is 0. The first-order chi connectivity index (χ1) is 13.7. The van der Waals surface area contributed by atoms with Gasteiger partial charge >= 0.3 is 6.18 Å². The molecule has 0 unspecified atom stereocenters. The van der Waals surface area contributed by atoms with Gasteiger partial charge in [-0.1, -0.05) is 30.3 Å². The molecule has 2 aromatic carbocycles. The summed E-state index contributed by atoms with van der Waals surface area (Å²) in [6.07, 6.45) is -4.39. The number of halogens is 3. The molecule has 0 atom stereocenters. The lowest BCUT2D eigenvalue weighted by Crippen LogP contribution is -2.34. The third kappa shape index (κ3) is 4.45. The lowest BCUT2D eigenvalue weighted by atomic mass is 10.1. The molecule has 0 bridgehead atoms. The van der Waals surface area contributed by atoms with Gasteiger partial charge in [-0.05, 0) is 30.8 Å². The average Bonchev–Trinajstić information content (AvgIpc) is 2.69. The van der Waals surface area contributed by atoms with Crippen LogP contribution < -0.4 is 10.9 Å². The molecule has 9 heteroatoms. The zero-order valence-electron chi connectivity index (χ0n) is 15.8. The number of alkyl halides is 3. The summed E-state index contributed by atoms with van der Waals surface area (Å²) in [4.78, 5) is 26.7. The SMILES string of the molecule is CNC(=O)c1nn(CN(C)Cc2ccc(C(F)(F)F)cc2)c(=O)c2ccccc12. The van der Waals surface area contributed by atoms with Crippen LogP contribution in [0.1, 0.15) is 21.6 Å². The smallest absolute Gasteiger partial charge is 0.354 e. The molecule has 0 radical (unpaired) electrons. The van der Waals surface area contributed by atoms with Gasteiger partial charge in [-0.25, -0.2) is 4.68 Å². The van der Waals surface area contributed by atoms with Crippen molar-refractivity contribution >= 4 is 16.7 Å². The monoisotopic (exact) mass is 404 g/mol. The van der Waals surface area contributed by atoms with E-state index in [1.54, 1.807) is 36.2 Å². The molecular formula is C20H19F3N4O2. The first kappa shape index (κ1) is 20.5. The second kappa shape index (κ2) is 8.04. The van der Waals surface area contributed by atoms with Gasteiger partial charge in [-0.15, -0.1) is 0 Å². The summed E-state index contributed by atoms with van der Waals surface area (Å²) in [6, 6.07) is 11.5. The van der Waals surface area contributed by atoms with E-state index in [9.17, 15) is 22.8 Å². The fourth-order valence-electron chi connectivity index (χ4n) is 3.01. The fourth-order valence-corrected chi connectivity index (χ4v) is 3.01. The lowest BCUT2D eigenvalue weighted by molar-refractivity contribution is -0.137. The van der Waals surface area contributed by atoms with Crippen molar-refractivity contribution in [3.8, 4) is 0 Å². The summed E-state index contributed by atoms with van der Waals surface area (Å²) < 4.78 is 39.2. The third-order valence-corrected chi connectivity index (χ3v) is 4.42. The van der Waals surface area contributed by atoms with Crippen molar-refractivity contribution in [3.63, 3.8) is 0 Å². The number of fused-ring (bicyclic) bond motifs is 1. The topological polar surface area (TPSA) is 67.2 Å². The van der Waals surface area contributed by atoms with E-state index in [0.29, 0.717) is 22.9 Å². The molecule has 0 aliphatic heterocycles. The highest BCUT2D eigenvalue weighted by molar-refractivity contribution is 6.04. The van der Waals surface area contributed by atoms with E-state index in [0.717, 1.165) is 12.1 Å². The molecule has 3 aromatic rings. The van der Waals surface area contributed by atoms with Crippen molar-refractivity contribution < 1.29 is 18.0 Å². The second-order valence-electron chi connectivity index (χ2n) is 6.63. The summed E-state index contributed by atoms with van der Waals surface area (Å²) in [7, 11) is 3.19. The molecule has 1 heterocycles. The van der Waals surface area contributed by atoms with E-state index in [1.165, 1.54) is 23.9 Å². The molecule has 152 valence electrons. The number of nitrogens with one attached hydrogen (secondary N) is 1. The Morgan fingerprint density at radius 1 is 1.10 bits per heavy atom. The molecule has 0 aliphatic carbocycles. The Kier molecular flexibility index (Phi) is 5.69. The van der Waals surface area contributed by atoms with Crippen molar-refractivity contribution in [2.45, 2.75) is 19.4 Å². The van der Waals surface area contributed by atoms with E-state index in [2.05, 4.69) is 10.4 Å². The number of carbonyl (C=O) groups excluding carboxylic acids is 1. The number of benzene rings is 2. The molecule has 1 aromatic heterocycles. The van der Waals surface area contributed by atoms with E-state index < -0.39 is 17.6 Å². The molecule has 1 N–H and O–H groups in total. The highest BCUT2D eigenvalue weighted by Crippen LogP contribution is 2.29. The maximum atomic E-state index is 12.8. The summed E-state index contributed by atoms with van der Waals surface area (Å²) in [5.41, 5.74) is -0.287. The van der Waals surface area contributed by atoms with Crippen molar-refractivity contribution in [2.24, 2.45) is 0 Å². The van der Waals surface area contributed by atoms with Gasteiger partial charge in [0.2, 0.25) is 0 Å². The van der Waals surface area contributed by atoms with E-state index >= 15 is 0 Å². The Morgan fingerprint density at radius 2 is 1.72 bits per heavy atom. The highest BCUT2D eigenvalue weighted by atomic mass is 19.4. The highest BCUT2D eigenvalue weighted by Gasteiger charge is 2.29. The molecular weight excluding hydrogens is 385 g/mol. The van der Waals surface area contributed by atoms with Crippen molar-refractivity contribution in [1.82, 2.24) is 20.0 Å². The van der Waals surface area contributed by atoms with Crippen LogP contribution in [0.3, 0.4) is 0 Å². The van der Waals surface area contributed by atoms with Crippen LogP contribution in [0.4, 0.5) is 13.2 Å². The minimum atomic E-state index is -4.39. The predicted molar refractivity (Wildman–Crippen MR) is 102 cm³/mol. The van der Waals surface area contributed by atoms with Gasteiger partial charge in [0.05, 0.1) is 17.6 Å². The van der Waals surface area contributed by atoms with Gasteiger partial charge < -0.3 is 5.32 Å². The molecule has 1 amide bonds. The maximum Gasteiger partial charge on any atom is 0.416 e. The lowest BCUT2D eigenvalue weighted by Gasteiger charge is -2.19. The first-order valence-electron chi connectivity index (χ1n) is 8.77. The Labute approximate surface area is 164 Å². The molecule has 0 saturated heterocycles. The van der Waals surface area contributed by atoms with Gasteiger partial charge in [0.15, 0.2) is 5.69 Å². The average molecular weight is 404 g/mol. The first-order valence-corrected chi connectivity index (χ1v) is 8.77. The van der Waals surface area contributed by atoms with Crippen LogP contribution in [0, 0.1) is 0 Å². The van der Waals surface area contributed by atoms with Gasteiger partial charge in [0.1, 0.15) is 0 Å². The van der Waals surface area contributed by atoms with Gasteiger partial charge in [0.25, 0.3) is 11.5 Å². The van der Waals surface area contributed by atoms with Crippen LogP contribution in [0.2, 0.25) is 0 Å². The number of hydrogen-bond acceptors (Lipinski definition) is 4. The number of rotatable bonds is 5. The fraction of sp³-hybridized carbons (Fsp3) is 0.250. The molecule has 0 spiro atoms. The van der Waals surface area contributed by atoms with E-state index in [-0.39, 0.29) is 17.9 Å². The summed E-state index contributed by atoms with van der Waals surface area (Å²) in [6.45, 7) is 0.364. The Hall–Kier alpha value is -3.20. The van der Waals surface area contributed by atoms with E-state index in [1.807, 2.05) is 0 Å². The van der Waals surface area contributed by atoms with Crippen molar-refractivity contribution in [2.75, 3.05) is 14.1 Å². The zero-order chi connectivity index (χ0) is 21.2. The maximum absolute atomic E-state index is 12.8. The number of carbonyl (C=O) groups is 1. The number of nitrogens with zero attached hydrogens (tertiary/aromatic N) is 3. The van der Waals surface area contributed by atoms with E-state index in [4.69, 9.17) is 0 Å². The third-order valence-electron chi connectivity index (χ3n) is 4.42. The molecule has 0 fully saturated rings. The molecule has 29 heavy (non-hydrogen) atoms. The minimum Gasteiger partial charge on any atom is -0.354 e. The Balaban J connectivity index is 1.86. The van der Waals surface area contributed by atoms with Gasteiger partial charge in [0, 0.05) is 19.0 Å². The van der Waals surface area contributed by atoms with Crippen LogP contribution in [-0.2, 0) is 19.4 Å². The second-order valence-corrected chi connectivity index (χ2v) is 6.63. The zero-order valence-corrected chi connectivity index (χ0v) is 15.8. The normalized spacial score (nSPS) is 11.8. The van der Waals surface area contributed by atoms with Crippen molar-refractivity contribution in [1.29, 1.82) is 0 Å². The molecule has 3 rings (SSSR count). The molecule has 6 nitrogen and oxygen atoms in total. The van der Waals surface area contributed by atoms with Crippen molar-refractivity contribution in [3.05, 3.63) is 75.7 Å². The summed E-state index contributed by atoms with van der Waals surface area (Å²) in [5.74, 6) is -0.416. The number of amides is 1. The van der Waals surface area contributed by atoms with Crippen LogP contribution in [0.15, 0.2) is 53.3 Å². The predicted octanol–water partition coefficient (Wildman–Crippen LogP) is 2.86. The summed E-state index contributed by atoms with van der Waals surface area (Å²) in [5, 5.41) is 7.53. The molecule has 0 saturated carbocycles. The Morgan fingerprint density at radius 3 is 2.31 bits per heavy atom. The van der Waals surface area contributed by atoms with Crippen LogP contribution in [0.25, 0.3) is 10.8 Å². The minimum absolute atomic E-state index is 0.0642. The standard InChI is InChI=1S/C20H19F3N4O2/c1-24-18(28)17-15-5-3-4-6-16(15)19(29)27(25-17)12-26(2)11-13-7-9-14(10-8-13)20(21,22)23/h3-10H,11-12H2,1-2H3,(H,24,28). The quantitative estimate of drug-likeness (QED) is 0.710.